The van der Waals surface area contributed by atoms with Gasteiger partial charge in [-0.25, -0.2) is 4.98 Å². The zero-order chi connectivity index (χ0) is 12.8. The number of nitrogens with one attached hydrogen (secondary N) is 1. The minimum absolute atomic E-state index is 0.672. The van der Waals surface area contributed by atoms with Crippen molar-refractivity contribution in [3.8, 4) is 0 Å². The molecule has 0 spiro atoms. The molecule has 2 heterocycles. The number of aryl methyl sites for hydroxylation is 1. The van der Waals surface area contributed by atoms with Crippen LogP contribution in [0.25, 0.3) is 0 Å². The fourth-order valence-corrected chi connectivity index (χ4v) is 2.50. The number of anilines is 1. The van der Waals surface area contributed by atoms with Gasteiger partial charge in [0.05, 0.1) is 0 Å². The zero-order valence-corrected chi connectivity index (χ0v) is 11.7. The summed E-state index contributed by atoms with van der Waals surface area (Å²) in [5.74, 6) is 1.66. The van der Waals surface area contributed by atoms with Crippen molar-refractivity contribution in [3.05, 3.63) is 23.9 Å². The van der Waals surface area contributed by atoms with E-state index in [0.29, 0.717) is 5.92 Å². The molecular weight excluding hydrogens is 222 g/mol. The molecule has 0 bridgehead atoms. The highest BCUT2D eigenvalue weighted by atomic mass is 15.1. The molecule has 0 amide bonds. The standard InChI is InChI=1S/C15H25N3/c1-13-6-7-15(16-10-13)17-11-14(2)12-18-8-4-3-5-9-18/h6-7,10,14H,3-5,8-9,11-12H2,1-2H3,(H,16,17). The second-order valence-electron chi connectivity index (χ2n) is 5.57. The first-order valence-corrected chi connectivity index (χ1v) is 7.13. The smallest absolute Gasteiger partial charge is 0.125 e. The molecule has 3 heteroatoms. The van der Waals surface area contributed by atoms with Gasteiger partial charge >= 0.3 is 0 Å². The molecule has 1 unspecified atom stereocenters. The topological polar surface area (TPSA) is 28.2 Å². The highest BCUT2D eigenvalue weighted by Gasteiger charge is 2.13. The largest absolute Gasteiger partial charge is 0.370 e. The molecule has 0 aromatic carbocycles. The van der Waals surface area contributed by atoms with E-state index in [0.717, 1.165) is 12.4 Å². The maximum absolute atomic E-state index is 4.37. The zero-order valence-electron chi connectivity index (χ0n) is 11.7. The van der Waals surface area contributed by atoms with Crippen molar-refractivity contribution in [2.45, 2.75) is 33.1 Å². The summed E-state index contributed by atoms with van der Waals surface area (Å²) >= 11 is 0. The lowest BCUT2D eigenvalue weighted by Crippen LogP contribution is -2.35. The normalized spacial score (nSPS) is 18.6. The molecule has 1 saturated heterocycles. The van der Waals surface area contributed by atoms with E-state index in [4.69, 9.17) is 0 Å². The van der Waals surface area contributed by atoms with Crippen LogP contribution >= 0.6 is 0 Å². The van der Waals surface area contributed by atoms with Gasteiger partial charge < -0.3 is 10.2 Å². The molecular formula is C15H25N3. The number of aromatic nitrogens is 1. The molecule has 1 aliphatic rings. The number of pyridine rings is 1. The lowest BCUT2D eigenvalue weighted by Gasteiger charge is -2.29. The SMILES string of the molecule is Cc1ccc(NCC(C)CN2CCCCC2)nc1. The van der Waals surface area contributed by atoms with E-state index in [9.17, 15) is 0 Å². The third kappa shape index (κ3) is 4.30. The minimum Gasteiger partial charge on any atom is -0.370 e. The van der Waals surface area contributed by atoms with Crippen LogP contribution in [0.15, 0.2) is 18.3 Å². The molecule has 100 valence electrons. The summed E-state index contributed by atoms with van der Waals surface area (Å²) in [6.07, 6.45) is 6.08. The quantitative estimate of drug-likeness (QED) is 0.867. The van der Waals surface area contributed by atoms with Crippen LogP contribution in [-0.2, 0) is 0 Å². The average molecular weight is 247 g/mol. The first kappa shape index (κ1) is 13.3. The predicted molar refractivity (Wildman–Crippen MR) is 76.9 cm³/mol. The summed E-state index contributed by atoms with van der Waals surface area (Å²) in [4.78, 5) is 6.97. The highest BCUT2D eigenvalue weighted by molar-refractivity contribution is 5.35. The monoisotopic (exact) mass is 247 g/mol. The maximum atomic E-state index is 4.37. The number of hydrogen-bond donors (Lipinski definition) is 1. The van der Waals surface area contributed by atoms with Gasteiger partial charge in [-0.2, -0.15) is 0 Å². The van der Waals surface area contributed by atoms with Crippen LogP contribution in [0.1, 0.15) is 31.7 Å². The Morgan fingerprint density at radius 3 is 2.72 bits per heavy atom. The molecule has 1 aromatic rings. The molecule has 0 radical (unpaired) electrons. The molecule has 1 atom stereocenters. The van der Waals surface area contributed by atoms with Crippen molar-refractivity contribution >= 4 is 5.82 Å². The van der Waals surface area contributed by atoms with Crippen LogP contribution in [-0.4, -0.2) is 36.1 Å². The molecule has 18 heavy (non-hydrogen) atoms. The van der Waals surface area contributed by atoms with Gasteiger partial charge in [0.2, 0.25) is 0 Å². The van der Waals surface area contributed by atoms with Crippen molar-refractivity contribution in [1.82, 2.24) is 9.88 Å². The summed E-state index contributed by atoms with van der Waals surface area (Å²) in [5, 5.41) is 3.42. The molecule has 1 aromatic heterocycles. The molecule has 0 saturated carbocycles. The summed E-state index contributed by atoms with van der Waals surface area (Å²) < 4.78 is 0. The third-order valence-corrected chi connectivity index (χ3v) is 3.56. The van der Waals surface area contributed by atoms with Crippen molar-refractivity contribution in [2.24, 2.45) is 5.92 Å². The van der Waals surface area contributed by atoms with Gasteiger partial charge in [-0.1, -0.05) is 19.4 Å². The fraction of sp³-hybridized carbons (Fsp3) is 0.667. The highest BCUT2D eigenvalue weighted by Crippen LogP contribution is 2.11. The third-order valence-electron chi connectivity index (χ3n) is 3.56. The van der Waals surface area contributed by atoms with E-state index < -0.39 is 0 Å². The van der Waals surface area contributed by atoms with E-state index in [2.05, 4.69) is 41.2 Å². The van der Waals surface area contributed by atoms with Gasteiger partial charge in [-0.05, 0) is 50.4 Å². The summed E-state index contributed by atoms with van der Waals surface area (Å²) in [6, 6.07) is 4.16. The van der Waals surface area contributed by atoms with Crippen molar-refractivity contribution in [3.63, 3.8) is 0 Å². The van der Waals surface area contributed by atoms with E-state index in [-0.39, 0.29) is 0 Å². The molecule has 1 N–H and O–H groups in total. The van der Waals surface area contributed by atoms with Gasteiger partial charge in [-0.15, -0.1) is 0 Å². The van der Waals surface area contributed by atoms with E-state index in [1.54, 1.807) is 0 Å². The number of hydrogen-bond acceptors (Lipinski definition) is 3. The van der Waals surface area contributed by atoms with E-state index >= 15 is 0 Å². The maximum Gasteiger partial charge on any atom is 0.125 e. The van der Waals surface area contributed by atoms with E-state index in [1.165, 1.54) is 44.5 Å². The number of likely N-dealkylation sites (tertiary alicyclic amines) is 1. The Balaban J connectivity index is 1.70. The minimum atomic E-state index is 0.672. The van der Waals surface area contributed by atoms with Crippen molar-refractivity contribution in [1.29, 1.82) is 0 Å². The molecule has 1 fully saturated rings. The van der Waals surface area contributed by atoms with E-state index in [1.807, 2.05) is 6.20 Å². The number of piperidine rings is 1. The Hall–Kier alpha value is -1.09. The number of rotatable bonds is 5. The molecule has 2 rings (SSSR count). The first-order valence-electron chi connectivity index (χ1n) is 7.13. The second-order valence-corrected chi connectivity index (χ2v) is 5.57. The van der Waals surface area contributed by atoms with Crippen molar-refractivity contribution in [2.75, 3.05) is 31.5 Å². The molecule has 3 nitrogen and oxygen atoms in total. The van der Waals surface area contributed by atoms with Crippen LogP contribution in [0.5, 0.6) is 0 Å². The van der Waals surface area contributed by atoms with Gasteiger partial charge in [0.1, 0.15) is 5.82 Å². The van der Waals surface area contributed by atoms with Crippen LogP contribution in [0.3, 0.4) is 0 Å². The van der Waals surface area contributed by atoms with Crippen LogP contribution in [0, 0.1) is 12.8 Å². The Morgan fingerprint density at radius 1 is 1.28 bits per heavy atom. The predicted octanol–water partition coefficient (Wildman–Crippen LogP) is 2.92. The average Bonchev–Trinajstić information content (AvgIpc) is 2.39. The van der Waals surface area contributed by atoms with Gasteiger partial charge in [0.25, 0.3) is 0 Å². The molecule has 1 aliphatic heterocycles. The Bertz CT molecular complexity index is 341. The Morgan fingerprint density at radius 2 is 2.06 bits per heavy atom. The molecule has 0 aliphatic carbocycles. The summed E-state index contributed by atoms with van der Waals surface area (Å²) in [6.45, 7) is 9.16. The lowest BCUT2D eigenvalue weighted by atomic mass is 10.1. The van der Waals surface area contributed by atoms with Gasteiger partial charge in [-0.3, -0.25) is 0 Å². The summed E-state index contributed by atoms with van der Waals surface area (Å²) in [7, 11) is 0. The van der Waals surface area contributed by atoms with Gasteiger partial charge in [0.15, 0.2) is 0 Å². The second kappa shape index (κ2) is 6.74. The van der Waals surface area contributed by atoms with Crippen molar-refractivity contribution < 1.29 is 0 Å². The van der Waals surface area contributed by atoms with Crippen LogP contribution in [0.4, 0.5) is 5.82 Å². The lowest BCUT2D eigenvalue weighted by molar-refractivity contribution is 0.204. The number of nitrogens with zero attached hydrogens (tertiary/aromatic N) is 2. The Labute approximate surface area is 111 Å². The summed E-state index contributed by atoms with van der Waals surface area (Å²) in [5.41, 5.74) is 1.21. The van der Waals surface area contributed by atoms with Crippen LogP contribution < -0.4 is 5.32 Å². The van der Waals surface area contributed by atoms with Crippen LogP contribution in [0.2, 0.25) is 0 Å². The Kier molecular flexibility index (Phi) is 5.00. The fourth-order valence-electron chi connectivity index (χ4n) is 2.50. The van der Waals surface area contributed by atoms with Gasteiger partial charge in [0, 0.05) is 19.3 Å². The first-order chi connectivity index (χ1) is 8.74.